The fraction of sp³-hybridized carbons (Fsp3) is 0.176. The van der Waals surface area contributed by atoms with E-state index < -0.39 is 0 Å². The number of rotatable bonds is 5. The van der Waals surface area contributed by atoms with Crippen molar-refractivity contribution < 1.29 is 9.15 Å². The van der Waals surface area contributed by atoms with Gasteiger partial charge < -0.3 is 9.15 Å². The molecule has 2 aromatic carbocycles. The molecule has 0 unspecified atom stereocenters. The summed E-state index contributed by atoms with van der Waals surface area (Å²) >= 11 is 1.44. The molecule has 0 saturated carbocycles. The molecule has 0 bridgehead atoms. The predicted octanol–water partition coefficient (Wildman–Crippen LogP) is 4.42. The van der Waals surface area contributed by atoms with Crippen molar-refractivity contribution in [3.63, 3.8) is 0 Å². The molecule has 0 N–H and O–H groups in total. The standard InChI is InChI=1S/C17H16N2O2S/c1-12-3-7-14(8-4-12)20-11-16-18-19-17(21-16)22-15-9-5-13(2)6-10-15/h3-10H,11H2,1-2H3. The van der Waals surface area contributed by atoms with E-state index in [2.05, 4.69) is 29.3 Å². The lowest BCUT2D eigenvalue weighted by Gasteiger charge is -2.02. The monoisotopic (exact) mass is 312 g/mol. The maximum Gasteiger partial charge on any atom is 0.281 e. The normalized spacial score (nSPS) is 10.6. The summed E-state index contributed by atoms with van der Waals surface area (Å²) in [6.07, 6.45) is 0. The van der Waals surface area contributed by atoms with E-state index in [9.17, 15) is 0 Å². The molecule has 3 aromatic rings. The Hall–Kier alpha value is -2.27. The van der Waals surface area contributed by atoms with Gasteiger partial charge in [-0.15, -0.1) is 10.2 Å². The van der Waals surface area contributed by atoms with Crippen molar-refractivity contribution in [2.75, 3.05) is 0 Å². The van der Waals surface area contributed by atoms with Crippen molar-refractivity contribution in [2.45, 2.75) is 30.6 Å². The summed E-state index contributed by atoms with van der Waals surface area (Å²) in [5, 5.41) is 8.55. The van der Waals surface area contributed by atoms with Crippen molar-refractivity contribution in [3.05, 3.63) is 65.5 Å². The third-order valence-electron chi connectivity index (χ3n) is 3.06. The van der Waals surface area contributed by atoms with Crippen LogP contribution in [0.3, 0.4) is 0 Å². The zero-order valence-corrected chi connectivity index (χ0v) is 13.3. The number of nitrogens with zero attached hydrogens (tertiary/aromatic N) is 2. The third-order valence-corrected chi connectivity index (χ3v) is 3.91. The van der Waals surface area contributed by atoms with Crippen molar-refractivity contribution in [1.82, 2.24) is 10.2 Å². The first-order valence-electron chi connectivity index (χ1n) is 6.95. The second kappa shape index (κ2) is 6.66. The Morgan fingerprint density at radius 2 is 1.55 bits per heavy atom. The van der Waals surface area contributed by atoms with Gasteiger partial charge in [0.15, 0.2) is 6.61 Å². The van der Waals surface area contributed by atoms with Crippen LogP contribution < -0.4 is 4.74 Å². The molecule has 3 rings (SSSR count). The first-order valence-corrected chi connectivity index (χ1v) is 7.77. The van der Waals surface area contributed by atoms with Gasteiger partial charge in [-0.05, 0) is 49.9 Å². The molecule has 1 heterocycles. The molecule has 0 atom stereocenters. The van der Waals surface area contributed by atoms with Crippen LogP contribution in [0.25, 0.3) is 0 Å². The molecule has 5 heteroatoms. The van der Waals surface area contributed by atoms with Crippen LogP contribution in [0.2, 0.25) is 0 Å². The fourth-order valence-electron chi connectivity index (χ4n) is 1.82. The van der Waals surface area contributed by atoms with Gasteiger partial charge in [-0.1, -0.05) is 35.4 Å². The Bertz CT molecular complexity index is 736. The van der Waals surface area contributed by atoms with E-state index in [0.29, 0.717) is 11.1 Å². The van der Waals surface area contributed by atoms with Crippen LogP contribution in [0.1, 0.15) is 17.0 Å². The van der Waals surface area contributed by atoms with E-state index in [1.54, 1.807) is 0 Å². The number of hydrogen-bond donors (Lipinski definition) is 0. The van der Waals surface area contributed by atoms with Crippen LogP contribution in [-0.2, 0) is 6.61 Å². The Morgan fingerprint density at radius 3 is 2.23 bits per heavy atom. The number of aryl methyl sites for hydroxylation is 2. The second-order valence-corrected chi connectivity index (χ2v) is 6.00. The summed E-state index contributed by atoms with van der Waals surface area (Å²) in [7, 11) is 0. The molecular weight excluding hydrogens is 296 g/mol. The number of aromatic nitrogens is 2. The highest BCUT2D eigenvalue weighted by Crippen LogP contribution is 2.26. The fourth-order valence-corrected chi connectivity index (χ4v) is 2.52. The SMILES string of the molecule is Cc1ccc(OCc2nnc(Sc3ccc(C)cc3)o2)cc1. The average Bonchev–Trinajstić information content (AvgIpc) is 2.97. The lowest BCUT2D eigenvalue weighted by atomic mass is 10.2. The molecule has 0 aliphatic rings. The molecule has 1 aromatic heterocycles. The van der Waals surface area contributed by atoms with Gasteiger partial charge in [0.25, 0.3) is 11.1 Å². The summed E-state index contributed by atoms with van der Waals surface area (Å²) in [4.78, 5) is 1.07. The molecule has 0 saturated heterocycles. The largest absolute Gasteiger partial charge is 0.484 e. The Balaban J connectivity index is 1.59. The molecule has 4 nitrogen and oxygen atoms in total. The highest BCUT2D eigenvalue weighted by atomic mass is 32.2. The van der Waals surface area contributed by atoms with E-state index >= 15 is 0 Å². The van der Waals surface area contributed by atoms with E-state index in [1.807, 2.05) is 43.3 Å². The number of ether oxygens (including phenoxy) is 1. The van der Waals surface area contributed by atoms with E-state index in [4.69, 9.17) is 9.15 Å². The predicted molar refractivity (Wildman–Crippen MR) is 85.1 cm³/mol. The van der Waals surface area contributed by atoms with Crippen molar-refractivity contribution in [1.29, 1.82) is 0 Å². The molecule has 0 fully saturated rings. The summed E-state index contributed by atoms with van der Waals surface area (Å²) in [5.74, 6) is 1.26. The van der Waals surface area contributed by atoms with Crippen molar-refractivity contribution >= 4 is 11.8 Å². The van der Waals surface area contributed by atoms with Crippen LogP contribution >= 0.6 is 11.8 Å². The van der Waals surface area contributed by atoms with Crippen LogP contribution in [0.15, 0.2) is 63.1 Å². The molecular formula is C17H16N2O2S. The van der Waals surface area contributed by atoms with Gasteiger partial charge in [0.2, 0.25) is 0 Å². The van der Waals surface area contributed by atoms with E-state index in [-0.39, 0.29) is 6.61 Å². The minimum absolute atomic E-state index is 0.268. The van der Waals surface area contributed by atoms with Crippen LogP contribution in [0, 0.1) is 13.8 Å². The lowest BCUT2D eigenvalue weighted by Crippen LogP contribution is -1.95. The van der Waals surface area contributed by atoms with Gasteiger partial charge in [0.1, 0.15) is 5.75 Å². The first kappa shape index (κ1) is 14.7. The lowest BCUT2D eigenvalue weighted by molar-refractivity contribution is 0.252. The number of benzene rings is 2. The minimum atomic E-state index is 0.268. The smallest absolute Gasteiger partial charge is 0.281 e. The average molecular weight is 312 g/mol. The minimum Gasteiger partial charge on any atom is -0.484 e. The van der Waals surface area contributed by atoms with Gasteiger partial charge in [0.05, 0.1) is 0 Å². The maximum absolute atomic E-state index is 5.62. The van der Waals surface area contributed by atoms with E-state index in [1.165, 1.54) is 22.9 Å². The zero-order valence-electron chi connectivity index (χ0n) is 12.4. The third kappa shape index (κ3) is 3.89. The zero-order chi connectivity index (χ0) is 15.4. The second-order valence-electron chi connectivity index (χ2n) is 4.98. The highest BCUT2D eigenvalue weighted by Gasteiger charge is 2.08. The topological polar surface area (TPSA) is 48.2 Å². The van der Waals surface area contributed by atoms with E-state index in [0.717, 1.165) is 10.6 Å². The van der Waals surface area contributed by atoms with Crippen molar-refractivity contribution in [2.24, 2.45) is 0 Å². The van der Waals surface area contributed by atoms with Crippen LogP contribution in [0.4, 0.5) is 0 Å². The Kier molecular flexibility index (Phi) is 4.44. The summed E-state index contributed by atoms with van der Waals surface area (Å²) < 4.78 is 11.2. The molecule has 0 radical (unpaired) electrons. The van der Waals surface area contributed by atoms with Crippen LogP contribution in [0.5, 0.6) is 5.75 Å². The first-order chi connectivity index (χ1) is 10.7. The Labute approximate surface area is 133 Å². The van der Waals surface area contributed by atoms with Crippen LogP contribution in [-0.4, -0.2) is 10.2 Å². The summed E-state index contributed by atoms with van der Waals surface area (Å²) in [6.45, 7) is 4.36. The molecule has 0 amide bonds. The molecule has 22 heavy (non-hydrogen) atoms. The molecule has 0 spiro atoms. The molecule has 0 aliphatic carbocycles. The summed E-state index contributed by atoms with van der Waals surface area (Å²) in [6, 6.07) is 16.0. The van der Waals surface area contributed by atoms with Gasteiger partial charge in [0, 0.05) is 4.90 Å². The van der Waals surface area contributed by atoms with Gasteiger partial charge in [-0.25, -0.2) is 0 Å². The van der Waals surface area contributed by atoms with Crippen molar-refractivity contribution in [3.8, 4) is 5.75 Å². The van der Waals surface area contributed by atoms with Gasteiger partial charge in [-0.2, -0.15) is 0 Å². The molecule has 0 aliphatic heterocycles. The highest BCUT2D eigenvalue weighted by molar-refractivity contribution is 7.99. The Morgan fingerprint density at radius 1 is 0.909 bits per heavy atom. The van der Waals surface area contributed by atoms with Gasteiger partial charge in [-0.3, -0.25) is 0 Å². The summed E-state index contributed by atoms with van der Waals surface area (Å²) in [5.41, 5.74) is 2.42. The van der Waals surface area contributed by atoms with Gasteiger partial charge >= 0.3 is 0 Å². The quantitative estimate of drug-likeness (QED) is 0.698. The molecule has 112 valence electrons. The number of hydrogen-bond acceptors (Lipinski definition) is 5. The maximum atomic E-state index is 5.62.